The number of nitrogens with one attached hydrogen (secondary N) is 3. The van der Waals surface area contributed by atoms with Gasteiger partial charge in [0.25, 0.3) is 0 Å². The Hall–Kier alpha value is -0.930. The molecule has 9 heteroatoms. The third kappa shape index (κ3) is 20.4. The lowest BCUT2D eigenvalue weighted by atomic mass is 9.88. The van der Waals surface area contributed by atoms with Gasteiger partial charge in [0.15, 0.2) is 0 Å². The lowest BCUT2D eigenvalue weighted by molar-refractivity contribution is -0.132. The van der Waals surface area contributed by atoms with Gasteiger partial charge in [0.1, 0.15) is 0 Å². The van der Waals surface area contributed by atoms with Crippen molar-refractivity contribution in [3.05, 3.63) is 0 Å². The van der Waals surface area contributed by atoms with Crippen LogP contribution in [0.15, 0.2) is 0 Å². The average Bonchev–Trinajstić information content (AvgIpc) is 2.73. The van der Waals surface area contributed by atoms with Crippen molar-refractivity contribution >= 4 is 39.3 Å². The molecule has 0 heterocycles. The molecule has 0 spiro atoms. The SMILES string of the molecule is CC.CCNC(=O)CCCSSCCC(=O)NCCC(C)(C)OCCC(C)(C)C(=O)NC(C)C. The highest BCUT2D eigenvalue weighted by molar-refractivity contribution is 8.76. The Morgan fingerprint density at radius 3 is 2.06 bits per heavy atom. The molecule has 0 fully saturated rings. The Labute approximate surface area is 216 Å². The highest BCUT2D eigenvalue weighted by atomic mass is 33.1. The average molecular weight is 522 g/mol. The fraction of sp³-hybridized carbons (Fsp3) is 0.880. The van der Waals surface area contributed by atoms with E-state index in [1.807, 2.05) is 62.3 Å². The molecule has 0 aromatic rings. The molecule has 0 aromatic heterocycles. The quantitative estimate of drug-likeness (QED) is 0.175. The maximum Gasteiger partial charge on any atom is 0.225 e. The van der Waals surface area contributed by atoms with E-state index in [0.29, 0.717) is 45.4 Å². The lowest BCUT2D eigenvalue weighted by Crippen LogP contribution is -2.41. The molecule has 7 nitrogen and oxygen atoms in total. The van der Waals surface area contributed by atoms with Crippen LogP contribution in [0.4, 0.5) is 0 Å². The summed E-state index contributed by atoms with van der Waals surface area (Å²) in [6.07, 6.45) is 3.24. The van der Waals surface area contributed by atoms with Crippen LogP contribution in [0.3, 0.4) is 0 Å². The summed E-state index contributed by atoms with van der Waals surface area (Å²) in [5.41, 5.74) is -0.848. The first kappa shape index (κ1) is 35.2. The summed E-state index contributed by atoms with van der Waals surface area (Å²) < 4.78 is 6.00. The molecule has 0 aromatic carbocycles. The van der Waals surface area contributed by atoms with Gasteiger partial charge in [0.2, 0.25) is 17.7 Å². The van der Waals surface area contributed by atoms with Gasteiger partial charge in [-0.05, 0) is 53.9 Å². The number of carbonyl (C=O) groups excluding carboxylic acids is 3. The normalized spacial score (nSPS) is 11.5. The fourth-order valence-electron chi connectivity index (χ4n) is 2.65. The maximum atomic E-state index is 12.3. The number of carbonyl (C=O) groups is 3. The minimum absolute atomic E-state index is 0.0409. The highest BCUT2D eigenvalue weighted by Crippen LogP contribution is 2.24. The van der Waals surface area contributed by atoms with Gasteiger partial charge in [-0.25, -0.2) is 0 Å². The molecule has 0 bridgehead atoms. The fourth-order valence-corrected chi connectivity index (χ4v) is 4.72. The molecular formula is C25H51N3O4S2. The molecule has 0 radical (unpaired) electrons. The second-order valence-electron chi connectivity index (χ2n) is 9.42. The molecule has 0 saturated carbocycles. The minimum Gasteiger partial charge on any atom is -0.375 e. The third-order valence-electron chi connectivity index (χ3n) is 4.80. The van der Waals surface area contributed by atoms with E-state index in [9.17, 15) is 14.4 Å². The van der Waals surface area contributed by atoms with Gasteiger partial charge in [-0.15, -0.1) is 0 Å². The highest BCUT2D eigenvalue weighted by Gasteiger charge is 2.29. The molecule has 3 amide bonds. The van der Waals surface area contributed by atoms with Crippen molar-refractivity contribution in [3.8, 4) is 0 Å². The number of amides is 3. The Balaban J connectivity index is 0. The van der Waals surface area contributed by atoms with Crippen LogP contribution in [0.5, 0.6) is 0 Å². The zero-order chi connectivity index (χ0) is 26.6. The van der Waals surface area contributed by atoms with Gasteiger partial charge in [0, 0.05) is 55.5 Å². The largest absolute Gasteiger partial charge is 0.375 e. The molecule has 0 rings (SSSR count). The van der Waals surface area contributed by atoms with E-state index in [-0.39, 0.29) is 29.4 Å². The lowest BCUT2D eigenvalue weighted by Gasteiger charge is -2.29. The van der Waals surface area contributed by atoms with Gasteiger partial charge < -0.3 is 20.7 Å². The second kappa shape index (κ2) is 20.3. The predicted molar refractivity (Wildman–Crippen MR) is 148 cm³/mol. The smallest absolute Gasteiger partial charge is 0.225 e. The van der Waals surface area contributed by atoms with Crippen LogP contribution in [0.25, 0.3) is 0 Å². The first-order valence-corrected chi connectivity index (χ1v) is 15.1. The molecule has 3 N–H and O–H groups in total. The van der Waals surface area contributed by atoms with E-state index >= 15 is 0 Å². The molecule has 0 atom stereocenters. The summed E-state index contributed by atoms with van der Waals surface area (Å²) in [6.45, 7) is 19.4. The number of hydrogen-bond acceptors (Lipinski definition) is 6. The summed E-state index contributed by atoms with van der Waals surface area (Å²) in [6, 6.07) is 0.124. The van der Waals surface area contributed by atoms with Crippen LogP contribution >= 0.6 is 21.6 Å². The van der Waals surface area contributed by atoms with Crippen molar-refractivity contribution in [1.29, 1.82) is 0 Å². The zero-order valence-corrected chi connectivity index (χ0v) is 24.7. The summed E-state index contributed by atoms with van der Waals surface area (Å²) >= 11 is 0. The minimum atomic E-state index is -0.480. The Kier molecular flexibility index (Phi) is 21.0. The van der Waals surface area contributed by atoms with Crippen molar-refractivity contribution < 1.29 is 19.1 Å². The first-order valence-electron chi connectivity index (χ1n) is 12.6. The second-order valence-corrected chi connectivity index (χ2v) is 12.1. The van der Waals surface area contributed by atoms with E-state index < -0.39 is 5.41 Å². The summed E-state index contributed by atoms with van der Waals surface area (Å²) in [7, 11) is 3.38. The number of rotatable bonds is 18. The van der Waals surface area contributed by atoms with Crippen molar-refractivity contribution in [3.63, 3.8) is 0 Å². The van der Waals surface area contributed by atoms with Gasteiger partial charge in [-0.2, -0.15) is 0 Å². The van der Waals surface area contributed by atoms with Crippen molar-refractivity contribution in [2.24, 2.45) is 5.41 Å². The van der Waals surface area contributed by atoms with Crippen LogP contribution in [0, 0.1) is 5.41 Å². The molecule has 0 aliphatic heterocycles. The first-order chi connectivity index (χ1) is 15.9. The molecule has 0 unspecified atom stereocenters. The topological polar surface area (TPSA) is 96.5 Å². The molecule has 34 heavy (non-hydrogen) atoms. The van der Waals surface area contributed by atoms with Crippen LogP contribution in [0.2, 0.25) is 0 Å². The van der Waals surface area contributed by atoms with Crippen molar-refractivity contribution in [2.75, 3.05) is 31.2 Å². The number of ether oxygens (including phenoxy) is 1. The molecule has 202 valence electrons. The molecular weight excluding hydrogens is 470 g/mol. The Bertz CT molecular complexity index is 570. The van der Waals surface area contributed by atoms with E-state index in [1.165, 1.54) is 0 Å². The van der Waals surface area contributed by atoms with Gasteiger partial charge in [-0.1, -0.05) is 49.3 Å². The van der Waals surface area contributed by atoms with E-state index in [4.69, 9.17) is 4.74 Å². The van der Waals surface area contributed by atoms with Gasteiger partial charge in [-0.3, -0.25) is 14.4 Å². The van der Waals surface area contributed by atoms with E-state index in [0.717, 1.165) is 17.9 Å². The van der Waals surface area contributed by atoms with Crippen LogP contribution in [0.1, 0.15) is 94.4 Å². The standard InChI is InChI=1S/C23H45N3O4S2.C2H6/c1-8-24-19(27)10-9-16-31-32-17-11-20(28)25-14-12-23(6,7)30-15-13-22(4,5)21(29)26-18(2)3;1-2/h18H,8-17H2,1-7H3,(H,24,27)(H,25,28)(H,26,29);1-2H3. The van der Waals surface area contributed by atoms with Gasteiger partial charge >= 0.3 is 0 Å². The van der Waals surface area contributed by atoms with Crippen molar-refractivity contribution in [1.82, 2.24) is 16.0 Å². The predicted octanol–water partition coefficient (Wildman–Crippen LogP) is 4.94. The Morgan fingerprint density at radius 1 is 0.882 bits per heavy atom. The monoisotopic (exact) mass is 521 g/mol. The van der Waals surface area contributed by atoms with E-state index in [1.54, 1.807) is 21.6 Å². The van der Waals surface area contributed by atoms with Crippen molar-refractivity contribution in [2.45, 2.75) is 106 Å². The van der Waals surface area contributed by atoms with E-state index in [2.05, 4.69) is 16.0 Å². The summed E-state index contributed by atoms with van der Waals surface area (Å²) in [4.78, 5) is 35.6. The summed E-state index contributed by atoms with van der Waals surface area (Å²) in [5, 5.41) is 8.70. The van der Waals surface area contributed by atoms with Crippen LogP contribution in [-0.4, -0.2) is 60.6 Å². The zero-order valence-electron chi connectivity index (χ0n) is 23.1. The van der Waals surface area contributed by atoms with Crippen LogP contribution in [-0.2, 0) is 19.1 Å². The van der Waals surface area contributed by atoms with Gasteiger partial charge in [0.05, 0.1) is 5.60 Å². The summed E-state index contributed by atoms with van der Waals surface area (Å²) in [5.74, 6) is 1.85. The maximum absolute atomic E-state index is 12.3. The molecule has 0 aliphatic rings. The Morgan fingerprint density at radius 2 is 1.47 bits per heavy atom. The molecule has 0 aliphatic carbocycles. The molecule has 0 saturated heterocycles. The third-order valence-corrected chi connectivity index (χ3v) is 7.30. The van der Waals surface area contributed by atoms with Crippen LogP contribution < -0.4 is 16.0 Å². The number of hydrogen-bond donors (Lipinski definition) is 3.